The van der Waals surface area contributed by atoms with Crippen LogP contribution < -0.4 is 19.8 Å². The molecule has 2 aromatic carbocycles. The Morgan fingerprint density at radius 3 is 2.75 bits per heavy atom. The van der Waals surface area contributed by atoms with Crippen LogP contribution in [-0.4, -0.2) is 51.0 Å². The number of carbonyl (C=O) groups excluding carboxylic acids is 1. The molecule has 0 unspecified atom stereocenters. The van der Waals surface area contributed by atoms with Gasteiger partial charge in [-0.1, -0.05) is 11.6 Å². The highest BCUT2D eigenvalue weighted by atomic mass is 35.5. The van der Waals surface area contributed by atoms with Crippen LogP contribution in [0.4, 0.5) is 16.5 Å². The van der Waals surface area contributed by atoms with Crippen LogP contribution in [0.2, 0.25) is 5.02 Å². The Morgan fingerprint density at radius 2 is 2.00 bits per heavy atom. The van der Waals surface area contributed by atoms with E-state index in [4.69, 9.17) is 11.6 Å². The topological polar surface area (TPSA) is 94.6 Å². The zero-order chi connectivity index (χ0) is 25.3. The van der Waals surface area contributed by atoms with E-state index in [1.807, 2.05) is 25.1 Å². The van der Waals surface area contributed by atoms with Crippen molar-refractivity contribution in [3.05, 3.63) is 64.6 Å². The van der Waals surface area contributed by atoms with E-state index in [2.05, 4.69) is 24.8 Å². The lowest BCUT2D eigenvalue weighted by Gasteiger charge is -2.36. The van der Waals surface area contributed by atoms with Crippen molar-refractivity contribution in [1.82, 2.24) is 10.3 Å². The van der Waals surface area contributed by atoms with E-state index in [0.717, 1.165) is 48.7 Å². The average molecular weight is 546 g/mol. The molecule has 2 atom stereocenters. The Hall–Kier alpha value is -2.82. The summed E-state index contributed by atoms with van der Waals surface area (Å²) in [5.41, 5.74) is 3.20. The van der Waals surface area contributed by atoms with E-state index in [0.29, 0.717) is 11.7 Å². The summed E-state index contributed by atoms with van der Waals surface area (Å²) in [6.45, 7) is 4.25. The number of aryl methyl sites for hydroxylation is 1. The molecule has 8 nitrogen and oxygen atoms in total. The van der Waals surface area contributed by atoms with Crippen LogP contribution in [0.5, 0.6) is 0 Å². The predicted molar refractivity (Wildman–Crippen MR) is 145 cm³/mol. The zero-order valence-corrected chi connectivity index (χ0v) is 22.2. The van der Waals surface area contributed by atoms with Crippen molar-refractivity contribution in [2.75, 3.05) is 34.2 Å². The highest BCUT2D eigenvalue weighted by Crippen LogP contribution is 2.31. The molecule has 0 radical (unpaired) electrons. The lowest BCUT2D eigenvalue weighted by atomic mass is 10.00. The summed E-state index contributed by atoms with van der Waals surface area (Å²) in [5, 5.41) is 5.99. The molecule has 2 N–H and O–H groups in total. The molecule has 3 heterocycles. The number of nitrogens with one attached hydrogen (secondary N) is 2. The number of anilines is 3. The van der Waals surface area contributed by atoms with Gasteiger partial charge in [0.2, 0.25) is 5.91 Å². The molecule has 1 amide bonds. The first-order valence-corrected chi connectivity index (χ1v) is 14.7. The Labute approximate surface area is 220 Å². The third kappa shape index (κ3) is 5.30. The quantitative estimate of drug-likeness (QED) is 0.463. The second-order valence-electron chi connectivity index (χ2n) is 9.12. The molecule has 2 aliphatic heterocycles. The fraction of sp³-hybridized carbons (Fsp3) is 0.360. The Kier molecular flexibility index (Phi) is 7.09. The third-order valence-corrected chi connectivity index (χ3v) is 9.15. The molecule has 36 heavy (non-hydrogen) atoms. The highest BCUT2D eigenvalue weighted by molar-refractivity contribution is 7.93. The lowest BCUT2D eigenvalue weighted by molar-refractivity contribution is -0.122. The molecule has 0 spiro atoms. The van der Waals surface area contributed by atoms with E-state index < -0.39 is 10.0 Å². The van der Waals surface area contributed by atoms with Crippen LogP contribution in [-0.2, 0) is 21.2 Å². The molecular weight excluding hydrogens is 518 g/mol. The van der Waals surface area contributed by atoms with Gasteiger partial charge in [-0.3, -0.25) is 9.52 Å². The maximum absolute atomic E-state index is 13.1. The number of rotatable bonds is 7. The summed E-state index contributed by atoms with van der Waals surface area (Å²) in [4.78, 5) is 21.6. The number of benzene rings is 2. The normalized spacial score (nSPS) is 18.6. The van der Waals surface area contributed by atoms with Crippen molar-refractivity contribution < 1.29 is 13.2 Å². The van der Waals surface area contributed by atoms with Gasteiger partial charge in [0.25, 0.3) is 10.0 Å². The molecule has 1 aromatic heterocycles. The van der Waals surface area contributed by atoms with E-state index >= 15 is 0 Å². The third-order valence-electron chi connectivity index (χ3n) is 6.74. The first-order chi connectivity index (χ1) is 17.3. The number of sulfonamides is 1. The number of aromatic nitrogens is 1. The van der Waals surface area contributed by atoms with Gasteiger partial charge in [-0.05, 0) is 74.2 Å². The van der Waals surface area contributed by atoms with Crippen LogP contribution in [0.1, 0.15) is 25.3 Å². The highest BCUT2D eigenvalue weighted by Gasteiger charge is 2.30. The first-order valence-electron chi connectivity index (χ1n) is 11.9. The Bertz CT molecular complexity index is 1330. The molecule has 2 aliphatic rings. The number of hydrogen-bond donors (Lipinski definition) is 2. The first kappa shape index (κ1) is 24.9. The van der Waals surface area contributed by atoms with Crippen LogP contribution in [0.3, 0.4) is 0 Å². The summed E-state index contributed by atoms with van der Waals surface area (Å²) in [6, 6.07) is 12.4. The van der Waals surface area contributed by atoms with E-state index in [9.17, 15) is 13.2 Å². The molecule has 190 valence electrons. The maximum Gasteiger partial charge on any atom is 0.263 e. The molecule has 0 saturated carbocycles. The minimum absolute atomic E-state index is 0.0133. The smallest absolute Gasteiger partial charge is 0.263 e. The van der Waals surface area contributed by atoms with E-state index in [1.54, 1.807) is 35.8 Å². The number of fused-ring (bicyclic) bond motifs is 1. The number of hydrogen-bond acceptors (Lipinski definition) is 7. The van der Waals surface area contributed by atoms with E-state index in [-0.39, 0.29) is 22.9 Å². The lowest BCUT2D eigenvalue weighted by Crippen LogP contribution is -2.50. The fourth-order valence-electron chi connectivity index (χ4n) is 4.86. The summed E-state index contributed by atoms with van der Waals surface area (Å²) < 4.78 is 27.6. The van der Waals surface area contributed by atoms with Gasteiger partial charge in [-0.2, -0.15) is 0 Å². The minimum atomic E-state index is -3.68. The molecule has 3 aromatic rings. The molecular formula is C25H28ClN5O3S2. The van der Waals surface area contributed by atoms with Crippen molar-refractivity contribution in [2.24, 2.45) is 0 Å². The average Bonchev–Trinajstić information content (AvgIpc) is 3.55. The van der Waals surface area contributed by atoms with Crippen LogP contribution in [0, 0.1) is 0 Å². The second kappa shape index (κ2) is 10.3. The number of carbonyl (C=O) groups is 1. The van der Waals surface area contributed by atoms with Crippen LogP contribution in [0.25, 0.3) is 0 Å². The second-order valence-corrected chi connectivity index (χ2v) is 12.1. The van der Waals surface area contributed by atoms with Crippen molar-refractivity contribution in [3.8, 4) is 0 Å². The molecule has 11 heteroatoms. The van der Waals surface area contributed by atoms with Gasteiger partial charge in [0.05, 0.1) is 4.90 Å². The number of nitrogens with zero attached hydrogens (tertiary/aromatic N) is 3. The molecule has 0 bridgehead atoms. The summed E-state index contributed by atoms with van der Waals surface area (Å²) >= 11 is 7.39. The van der Waals surface area contributed by atoms with Gasteiger partial charge in [-0.25, -0.2) is 13.4 Å². The van der Waals surface area contributed by atoms with Gasteiger partial charge in [0.15, 0.2) is 5.13 Å². The van der Waals surface area contributed by atoms with Crippen molar-refractivity contribution in [1.29, 1.82) is 0 Å². The molecule has 1 saturated heterocycles. The minimum Gasteiger partial charge on any atom is -0.369 e. The van der Waals surface area contributed by atoms with Crippen molar-refractivity contribution in [2.45, 2.75) is 43.2 Å². The summed E-state index contributed by atoms with van der Waals surface area (Å²) in [7, 11) is -3.68. The standard InChI is InChI=1S/C25H28ClN5O3S2/c1-17(31-12-2-3-18-15-19(26)4-9-23(18)31)24(32)28-20-10-13-30(16-20)21-5-7-22(8-6-21)36(33,34)29-25-27-11-14-35-25/h4-9,11,14-15,17,20H,2-3,10,12-13,16H2,1H3,(H,27,29)(H,28,32)/t17-,20-/m1/s1. The van der Waals surface area contributed by atoms with Gasteiger partial charge in [0.1, 0.15) is 6.04 Å². The SMILES string of the molecule is C[C@H](C(=O)N[C@@H]1CCN(c2ccc(S(=O)(=O)Nc3nccs3)cc2)C1)N1CCCc2cc(Cl)ccc21. The summed E-state index contributed by atoms with van der Waals surface area (Å²) in [6.07, 6.45) is 4.35. The van der Waals surface area contributed by atoms with Crippen molar-refractivity contribution in [3.63, 3.8) is 0 Å². The van der Waals surface area contributed by atoms with Crippen LogP contribution >= 0.6 is 22.9 Å². The largest absolute Gasteiger partial charge is 0.369 e. The monoisotopic (exact) mass is 545 g/mol. The number of halogens is 1. The van der Waals surface area contributed by atoms with E-state index in [1.165, 1.54) is 16.9 Å². The molecule has 0 aliphatic carbocycles. The maximum atomic E-state index is 13.1. The van der Waals surface area contributed by atoms with Crippen LogP contribution in [0.15, 0.2) is 58.9 Å². The van der Waals surface area contributed by atoms with Gasteiger partial charge >= 0.3 is 0 Å². The van der Waals surface area contributed by atoms with Gasteiger partial charge < -0.3 is 15.1 Å². The molecule has 5 rings (SSSR count). The van der Waals surface area contributed by atoms with Gasteiger partial charge in [0, 0.05) is 53.7 Å². The number of thiazole rings is 1. The zero-order valence-electron chi connectivity index (χ0n) is 19.9. The molecule has 1 fully saturated rings. The fourth-order valence-corrected chi connectivity index (χ4v) is 6.84. The Morgan fingerprint density at radius 1 is 1.19 bits per heavy atom. The summed E-state index contributed by atoms with van der Waals surface area (Å²) in [5.74, 6) is 0.0133. The predicted octanol–water partition coefficient (Wildman–Crippen LogP) is 4.13. The Balaban J connectivity index is 1.19. The van der Waals surface area contributed by atoms with Gasteiger partial charge in [-0.15, -0.1) is 11.3 Å². The van der Waals surface area contributed by atoms with Crippen molar-refractivity contribution >= 4 is 55.4 Å². The number of amides is 1.